The molecule has 2 unspecified atom stereocenters. The van der Waals surface area contributed by atoms with Gasteiger partial charge in [0.05, 0.1) is 17.9 Å². The van der Waals surface area contributed by atoms with E-state index in [2.05, 4.69) is 9.97 Å². The molecule has 148 valence electrons. The first-order valence-electron chi connectivity index (χ1n) is 9.27. The quantitative estimate of drug-likeness (QED) is 0.559. The van der Waals surface area contributed by atoms with Crippen LogP contribution in [0.25, 0.3) is 11.4 Å². The predicted molar refractivity (Wildman–Crippen MR) is 110 cm³/mol. The molecule has 1 aromatic carbocycles. The summed E-state index contributed by atoms with van der Waals surface area (Å²) in [6, 6.07) is 6.30. The molecule has 0 aliphatic carbocycles. The van der Waals surface area contributed by atoms with Gasteiger partial charge >= 0.3 is 0 Å². The first kappa shape index (κ1) is 19.7. The number of fused-ring (bicyclic) bond motifs is 1. The molecule has 0 radical (unpaired) electrons. The molecule has 2 aliphatic rings. The third kappa shape index (κ3) is 3.77. The molecule has 2 aliphatic heterocycles. The maximum atomic E-state index is 13.5. The fourth-order valence-electron chi connectivity index (χ4n) is 3.75. The summed E-state index contributed by atoms with van der Waals surface area (Å²) in [6.07, 6.45) is 2.78. The standard InChI is InChI=1S/C20H22FN3O2S2/c1-12-17(20(25)24-8-10-28-16-11-26-9-7-15(16)24)19(27-2)23-18(22-12)13-3-5-14(21)6-4-13/h3-6,15-16H,7-11H2,1-2H3. The number of halogens is 1. The fourth-order valence-corrected chi connectivity index (χ4v) is 5.67. The van der Waals surface area contributed by atoms with Crippen molar-refractivity contribution in [3.8, 4) is 11.4 Å². The minimum atomic E-state index is -0.300. The Morgan fingerprint density at radius 1 is 1.32 bits per heavy atom. The Morgan fingerprint density at radius 2 is 2.11 bits per heavy atom. The van der Waals surface area contributed by atoms with Crippen LogP contribution < -0.4 is 0 Å². The second-order valence-electron chi connectivity index (χ2n) is 6.86. The van der Waals surface area contributed by atoms with Gasteiger partial charge in [-0.05, 0) is 43.9 Å². The fraction of sp³-hybridized carbons (Fsp3) is 0.450. The van der Waals surface area contributed by atoms with E-state index in [4.69, 9.17) is 4.74 Å². The summed E-state index contributed by atoms with van der Waals surface area (Å²) in [5.74, 6) is 1.13. The number of hydrogen-bond donors (Lipinski definition) is 0. The number of aryl methyl sites for hydroxylation is 1. The minimum absolute atomic E-state index is 0.00436. The van der Waals surface area contributed by atoms with Gasteiger partial charge in [-0.3, -0.25) is 4.79 Å². The van der Waals surface area contributed by atoms with Gasteiger partial charge < -0.3 is 9.64 Å². The van der Waals surface area contributed by atoms with E-state index < -0.39 is 0 Å². The molecule has 3 heterocycles. The summed E-state index contributed by atoms with van der Waals surface area (Å²) in [4.78, 5) is 24.7. The lowest BCUT2D eigenvalue weighted by molar-refractivity contribution is 0.0316. The lowest BCUT2D eigenvalue weighted by atomic mass is 10.0. The van der Waals surface area contributed by atoms with E-state index in [-0.39, 0.29) is 17.8 Å². The Labute approximate surface area is 172 Å². The number of ether oxygens (including phenoxy) is 1. The van der Waals surface area contributed by atoms with Gasteiger partial charge in [0.25, 0.3) is 5.91 Å². The molecule has 4 rings (SSSR count). The average Bonchev–Trinajstić information content (AvgIpc) is 2.72. The lowest BCUT2D eigenvalue weighted by Gasteiger charge is -2.43. The van der Waals surface area contributed by atoms with E-state index in [0.717, 1.165) is 24.3 Å². The number of carbonyl (C=O) groups excluding carboxylic acids is 1. The van der Waals surface area contributed by atoms with Gasteiger partial charge in [-0.1, -0.05) is 0 Å². The summed E-state index contributed by atoms with van der Waals surface area (Å²) in [6.45, 7) is 3.98. The third-order valence-corrected chi connectivity index (χ3v) is 7.14. The summed E-state index contributed by atoms with van der Waals surface area (Å²) in [5, 5.41) is 1.00. The van der Waals surface area contributed by atoms with Gasteiger partial charge in [0, 0.05) is 35.8 Å². The molecule has 1 aromatic heterocycles. The monoisotopic (exact) mass is 419 g/mol. The Kier molecular flexibility index (Phi) is 5.89. The van der Waals surface area contributed by atoms with Crippen LogP contribution in [0.3, 0.4) is 0 Å². The van der Waals surface area contributed by atoms with Gasteiger partial charge in [-0.2, -0.15) is 11.8 Å². The van der Waals surface area contributed by atoms with Gasteiger partial charge in [0.1, 0.15) is 10.8 Å². The largest absolute Gasteiger partial charge is 0.380 e. The number of thioether (sulfide) groups is 2. The van der Waals surface area contributed by atoms with E-state index in [1.807, 2.05) is 29.8 Å². The highest BCUT2D eigenvalue weighted by atomic mass is 32.2. The van der Waals surface area contributed by atoms with Crippen LogP contribution in [0.1, 0.15) is 22.5 Å². The molecule has 28 heavy (non-hydrogen) atoms. The molecular formula is C20H22FN3O2S2. The number of amides is 1. The number of nitrogens with zero attached hydrogens (tertiary/aromatic N) is 3. The van der Waals surface area contributed by atoms with Crippen LogP contribution in [0.2, 0.25) is 0 Å². The van der Waals surface area contributed by atoms with Crippen molar-refractivity contribution in [2.45, 2.75) is 29.7 Å². The van der Waals surface area contributed by atoms with Crippen molar-refractivity contribution >= 4 is 29.4 Å². The van der Waals surface area contributed by atoms with Crippen molar-refractivity contribution in [3.05, 3.63) is 41.3 Å². The van der Waals surface area contributed by atoms with Crippen LogP contribution in [-0.2, 0) is 4.74 Å². The zero-order valence-corrected chi connectivity index (χ0v) is 17.5. The van der Waals surface area contributed by atoms with Crippen molar-refractivity contribution in [1.82, 2.24) is 14.9 Å². The van der Waals surface area contributed by atoms with Gasteiger partial charge in [0.15, 0.2) is 5.82 Å². The second kappa shape index (κ2) is 8.39. The molecule has 0 spiro atoms. The predicted octanol–water partition coefficient (Wildman–Crippen LogP) is 3.66. The molecule has 2 fully saturated rings. The minimum Gasteiger partial charge on any atom is -0.380 e. The van der Waals surface area contributed by atoms with Crippen LogP contribution in [0.15, 0.2) is 29.3 Å². The molecule has 8 heteroatoms. The van der Waals surface area contributed by atoms with Crippen LogP contribution in [0.4, 0.5) is 4.39 Å². The number of benzene rings is 1. The van der Waals surface area contributed by atoms with Gasteiger partial charge in [-0.15, -0.1) is 11.8 Å². The summed E-state index contributed by atoms with van der Waals surface area (Å²) in [5.41, 5.74) is 1.97. The molecule has 2 atom stereocenters. The average molecular weight is 420 g/mol. The molecular weight excluding hydrogens is 397 g/mol. The number of hydrogen-bond acceptors (Lipinski definition) is 6. The van der Waals surface area contributed by atoms with Crippen molar-refractivity contribution in [1.29, 1.82) is 0 Å². The van der Waals surface area contributed by atoms with Gasteiger partial charge in [0.2, 0.25) is 0 Å². The topological polar surface area (TPSA) is 55.3 Å². The maximum Gasteiger partial charge on any atom is 0.258 e. The SMILES string of the molecule is CSc1nc(-c2ccc(F)cc2)nc(C)c1C(=O)N1CCSC2COCCC21. The highest BCUT2D eigenvalue weighted by Gasteiger charge is 2.38. The number of rotatable bonds is 3. The van der Waals surface area contributed by atoms with E-state index in [9.17, 15) is 9.18 Å². The maximum absolute atomic E-state index is 13.5. The van der Waals surface area contributed by atoms with Crippen molar-refractivity contribution < 1.29 is 13.9 Å². The number of carbonyl (C=O) groups is 1. The highest BCUT2D eigenvalue weighted by molar-refractivity contribution is 8.00. The first-order chi connectivity index (χ1) is 13.6. The third-order valence-electron chi connectivity index (χ3n) is 5.16. The summed E-state index contributed by atoms with van der Waals surface area (Å²) < 4.78 is 18.8. The molecule has 2 aromatic rings. The molecule has 0 N–H and O–H groups in total. The molecule has 1 amide bonds. The summed E-state index contributed by atoms with van der Waals surface area (Å²) in [7, 11) is 0. The van der Waals surface area contributed by atoms with Crippen molar-refractivity contribution in [2.24, 2.45) is 0 Å². The van der Waals surface area contributed by atoms with Crippen LogP contribution in [-0.4, -0.2) is 63.8 Å². The zero-order valence-electron chi connectivity index (χ0n) is 15.9. The number of aromatic nitrogens is 2. The Hall–Kier alpha value is -1.64. The second-order valence-corrected chi connectivity index (χ2v) is 9.00. The van der Waals surface area contributed by atoms with E-state index in [1.165, 1.54) is 23.9 Å². The van der Waals surface area contributed by atoms with E-state index >= 15 is 0 Å². The molecule has 5 nitrogen and oxygen atoms in total. The van der Waals surface area contributed by atoms with Crippen LogP contribution in [0.5, 0.6) is 0 Å². The summed E-state index contributed by atoms with van der Waals surface area (Å²) >= 11 is 3.33. The Morgan fingerprint density at radius 3 is 2.86 bits per heavy atom. The smallest absolute Gasteiger partial charge is 0.258 e. The highest BCUT2D eigenvalue weighted by Crippen LogP contribution is 2.33. The molecule has 0 saturated carbocycles. The van der Waals surface area contributed by atoms with E-state index in [0.29, 0.717) is 40.6 Å². The lowest BCUT2D eigenvalue weighted by Crippen LogP contribution is -2.54. The molecule has 0 bridgehead atoms. The Bertz CT molecular complexity index is 876. The van der Waals surface area contributed by atoms with Crippen LogP contribution in [0, 0.1) is 12.7 Å². The van der Waals surface area contributed by atoms with Crippen LogP contribution >= 0.6 is 23.5 Å². The normalized spacial score (nSPS) is 22.0. The molecule has 2 saturated heterocycles. The van der Waals surface area contributed by atoms with Gasteiger partial charge in [-0.25, -0.2) is 14.4 Å². The Balaban J connectivity index is 1.68. The van der Waals surface area contributed by atoms with Crippen molar-refractivity contribution in [2.75, 3.05) is 31.8 Å². The first-order valence-corrected chi connectivity index (χ1v) is 11.5. The van der Waals surface area contributed by atoms with Crippen molar-refractivity contribution in [3.63, 3.8) is 0 Å². The zero-order chi connectivity index (χ0) is 19.7. The van der Waals surface area contributed by atoms with E-state index in [1.54, 1.807) is 12.1 Å².